The van der Waals surface area contributed by atoms with Gasteiger partial charge in [0, 0.05) is 6.54 Å². The Morgan fingerprint density at radius 1 is 1.00 bits per heavy atom. The van der Waals surface area contributed by atoms with Crippen LogP contribution in [0.4, 0.5) is 11.5 Å². The molecule has 29 heavy (non-hydrogen) atoms. The van der Waals surface area contributed by atoms with Gasteiger partial charge in [-0.2, -0.15) is 0 Å². The van der Waals surface area contributed by atoms with Gasteiger partial charge in [-0.25, -0.2) is 0 Å². The number of nitrogens with one attached hydrogen (secondary N) is 2. The molecule has 7 heteroatoms. The summed E-state index contributed by atoms with van der Waals surface area (Å²) in [7, 11) is 3.24. The zero-order chi connectivity index (χ0) is 20.6. The van der Waals surface area contributed by atoms with Gasteiger partial charge in [0.25, 0.3) is 5.91 Å². The number of anilines is 2. The number of hydrogen-bond acceptors (Lipinski definition) is 6. The third-order valence-electron chi connectivity index (χ3n) is 4.35. The SMILES string of the molecule is COc1cccc(CCNC(=O)c2ccc(Nc3cc(C)ccc3OC)nn2)c1. The van der Waals surface area contributed by atoms with Crippen molar-refractivity contribution in [3.05, 3.63) is 71.4 Å². The van der Waals surface area contributed by atoms with Crippen LogP contribution in [0.25, 0.3) is 0 Å². The Balaban J connectivity index is 1.56. The van der Waals surface area contributed by atoms with E-state index < -0.39 is 0 Å². The molecule has 3 rings (SSSR count). The van der Waals surface area contributed by atoms with Crippen molar-refractivity contribution in [2.45, 2.75) is 13.3 Å². The number of aryl methyl sites for hydroxylation is 1. The molecule has 7 nitrogen and oxygen atoms in total. The van der Waals surface area contributed by atoms with Gasteiger partial charge in [0.1, 0.15) is 11.5 Å². The topological polar surface area (TPSA) is 85.4 Å². The van der Waals surface area contributed by atoms with Crippen molar-refractivity contribution in [1.82, 2.24) is 15.5 Å². The first-order valence-corrected chi connectivity index (χ1v) is 9.25. The van der Waals surface area contributed by atoms with E-state index >= 15 is 0 Å². The highest BCUT2D eigenvalue weighted by Crippen LogP contribution is 2.27. The highest BCUT2D eigenvalue weighted by molar-refractivity contribution is 5.92. The van der Waals surface area contributed by atoms with Gasteiger partial charge in [-0.3, -0.25) is 4.79 Å². The summed E-state index contributed by atoms with van der Waals surface area (Å²) in [4.78, 5) is 12.3. The monoisotopic (exact) mass is 392 g/mol. The van der Waals surface area contributed by atoms with Gasteiger partial charge in [0.05, 0.1) is 19.9 Å². The first-order chi connectivity index (χ1) is 14.1. The number of hydrogen-bond donors (Lipinski definition) is 2. The molecule has 0 unspecified atom stereocenters. The summed E-state index contributed by atoms with van der Waals surface area (Å²) in [6.45, 7) is 2.49. The lowest BCUT2D eigenvalue weighted by Crippen LogP contribution is -2.26. The second kappa shape index (κ2) is 9.54. The molecule has 1 amide bonds. The zero-order valence-corrected chi connectivity index (χ0v) is 16.7. The van der Waals surface area contributed by atoms with Crippen molar-refractivity contribution in [1.29, 1.82) is 0 Å². The Kier molecular flexibility index (Phi) is 6.63. The van der Waals surface area contributed by atoms with Crippen molar-refractivity contribution in [3.8, 4) is 11.5 Å². The Morgan fingerprint density at radius 3 is 2.59 bits per heavy atom. The van der Waals surface area contributed by atoms with Crippen LogP contribution in [0.2, 0.25) is 0 Å². The molecule has 0 aliphatic rings. The quantitative estimate of drug-likeness (QED) is 0.610. The summed E-state index contributed by atoms with van der Waals surface area (Å²) >= 11 is 0. The minimum atomic E-state index is -0.264. The molecule has 0 bridgehead atoms. The predicted octanol–water partition coefficient (Wildman–Crippen LogP) is 3.52. The van der Waals surface area contributed by atoms with Gasteiger partial charge in [-0.1, -0.05) is 18.2 Å². The highest BCUT2D eigenvalue weighted by Gasteiger charge is 2.09. The summed E-state index contributed by atoms with van der Waals surface area (Å²) in [5.74, 6) is 1.77. The van der Waals surface area contributed by atoms with Crippen LogP contribution in [0.15, 0.2) is 54.6 Å². The van der Waals surface area contributed by atoms with E-state index in [0.29, 0.717) is 24.5 Å². The molecule has 0 fully saturated rings. The largest absolute Gasteiger partial charge is 0.497 e. The Hall–Kier alpha value is -3.61. The van der Waals surface area contributed by atoms with Crippen LogP contribution in [-0.2, 0) is 6.42 Å². The number of methoxy groups -OCH3 is 2. The van der Waals surface area contributed by atoms with E-state index in [-0.39, 0.29) is 11.6 Å². The molecule has 2 aromatic carbocycles. The van der Waals surface area contributed by atoms with Gasteiger partial charge in [0.15, 0.2) is 11.5 Å². The molecule has 3 aromatic rings. The summed E-state index contributed by atoms with van der Waals surface area (Å²) in [6.07, 6.45) is 0.698. The number of nitrogens with zero attached hydrogens (tertiary/aromatic N) is 2. The number of aromatic nitrogens is 2. The fourth-order valence-corrected chi connectivity index (χ4v) is 2.82. The molecule has 0 saturated carbocycles. The van der Waals surface area contributed by atoms with Crippen LogP contribution in [0.1, 0.15) is 21.6 Å². The van der Waals surface area contributed by atoms with Gasteiger partial charge in [0.2, 0.25) is 0 Å². The van der Waals surface area contributed by atoms with Gasteiger partial charge < -0.3 is 20.1 Å². The van der Waals surface area contributed by atoms with Crippen LogP contribution < -0.4 is 20.1 Å². The second-order valence-corrected chi connectivity index (χ2v) is 6.49. The summed E-state index contributed by atoms with van der Waals surface area (Å²) in [5.41, 5.74) is 3.23. The van der Waals surface area contributed by atoms with Crippen LogP contribution in [0.5, 0.6) is 11.5 Å². The average molecular weight is 392 g/mol. The molecule has 0 atom stereocenters. The van der Waals surface area contributed by atoms with Crippen LogP contribution in [0.3, 0.4) is 0 Å². The molecule has 150 valence electrons. The summed E-state index contributed by atoms with van der Waals surface area (Å²) < 4.78 is 10.6. The lowest BCUT2D eigenvalue weighted by atomic mass is 10.1. The fourth-order valence-electron chi connectivity index (χ4n) is 2.82. The summed E-state index contributed by atoms with van der Waals surface area (Å²) in [6, 6.07) is 16.9. The lowest BCUT2D eigenvalue weighted by molar-refractivity contribution is 0.0948. The van der Waals surface area contributed by atoms with Crippen molar-refractivity contribution < 1.29 is 14.3 Å². The number of carbonyl (C=O) groups is 1. The maximum Gasteiger partial charge on any atom is 0.271 e. The Labute approximate surface area is 170 Å². The molecule has 0 spiro atoms. The molecule has 1 aromatic heterocycles. The maximum absolute atomic E-state index is 12.3. The maximum atomic E-state index is 12.3. The smallest absolute Gasteiger partial charge is 0.271 e. The van der Waals surface area contributed by atoms with Gasteiger partial charge in [-0.05, 0) is 60.9 Å². The van der Waals surface area contributed by atoms with E-state index in [1.165, 1.54) is 0 Å². The normalized spacial score (nSPS) is 10.3. The van der Waals surface area contributed by atoms with Gasteiger partial charge >= 0.3 is 0 Å². The molecule has 1 heterocycles. The van der Waals surface area contributed by atoms with E-state index in [2.05, 4.69) is 20.8 Å². The highest BCUT2D eigenvalue weighted by atomic mass is 16.5. The molecule has 0 saturated heterocycles. The van der Waals surface area contributed by atoms with Gasteiger partial charge in [-0.15, -0.1) is 10.2 Å². The first kappa shape index (κ1) is 20.1. The van der Waals surface area contributed by atoms with E-state index in [1.807, 2.05) is 49.4 Å². The number of amides is 1. The number of benzene rings is 2. The molecule has 0 aliphatic carbocycles. The predicted molar refractivity (Wildman–Crippen MR) is 112 cm³/mol. The van der Waals surface area contributed by atoms with Crippen molar-refractivity contribution in [3.63, 3.8) is 0 Å². The second-order valence-electron chi connectivity index (χ2n) is 6.49. The molecule has 0 radical (unpaired) electrons. The number of ether oxygens (including phenoxy) is 2. The minimum Gasteiger partial charge on any atom is -0.497 e. The summed E-state index contributed by atoms with van der Waals surface area (Å²) in [5, 5.41) is 14.1. The van der Waals surface area contributed by atoms with Crippen LogP contribution in [0, 0.1) is 6.92 Å². The van der Waals surface area contributed by atoms with Crippen molar-refractivity contribution in [2.75, 3.05) is 26.1 Å². The molecular formula is C22H24N4O3. The van der Waals surface area contributed by atoms with E-state index in [0.717, 1.165) is 22.6 Å². The third-order valence-corrected chi connectivity index (χ3v) is 4.35. The first-order valence-electron chi connectivity index (χ1n) is 9.25. The van der Waals surface area contributed by atoms with Crippen LogP contribution >= 0.6 is 0 Å². The number of rotatable bonds is 8. The van der Waals surface area contributed by atoms with E-state index in [9.17, 15) is 4.79 Å². The van der Waals surface area contributed by atoms with E-state index in [1.54, 1.807) is 26.4 Å². The lowest BCUT2D eigenvalue weighted by Gasteiger charge is -2.11. The minimum absolute atomic E-state index is 0.261. The Morgan fingerprint density at radius 2 is 1.86 bits per heavy atom. The Bertz CT molecular complexity index is 974. The standard InChI is InChI=1S/C22H24N4O3/c1-15-7-9-20(29-3)19(13-15)24-21-10-8-18(25-26-21)22(27)23-12-11-16-5-4-6-17(14-16)28-2/h4-10,13-14H,11-12H2,1-3H3,(H,23,27)(H,24,26). The van der Waals surface area contributed by atoms with E-state index in [4.69, 9.17) is 9.47 Å². The van der Waals surface area contributed by atoms with Crippen LogP contribution in [-0.4, -0.2) is 36.9 Å². The fraction of sp³-hybridized carbons (Fsp3) is 0.227. The molecular weight excluding hydrogens is 368 g/mol. The third kappa shape index (κ3) is 5.44. The average Bonchev–Trinajstić information content (AvgIpc) is 2.74. The zero-order valence-electron chi connectivity index (χ0n) is 16.7. The van der Waals surface area contributed by atoms with Crippen molar-refractivity contribution >= 4 is 17.4 Å². The van der Waals surface area contributed by atoms with Crippen molar-refractivity contribution in [2.24, 2.45) is 0 Å². The molecule has 2 N–H and O–H groups in total. The number of carbonyl (C=O) groups excluding carboxylic acids is 1. The molecule has 0 aliphatic heterocycles.